The summed E-state index contributed by atoms with van der Waals surface area (Å²) < 4.78 is 2.06. The van der Waals surface area contributed by atoms with Gasteiger partial charge in [0.05, 0.1) is 5.82 Å². The molecule has 1 unspecified atom stereocenters. The number of hydrogen-bond donors (Lipinski definition) is 2. The Morgan fingerprint density at radius 1 is 1.03 bits per heavy atom. The number of nitrogens with zero attached hydrogens (tertiary/aromatic N) is 3. The Balaban J connectivity index is 1.62. The van der Waals surface area contributed by atoms with Crippen molar-refractivity contribution in [3.8, 4) is 17.1 Å². The predicted octanol–water partition coefficient (Wildman–Crippen LogP) is 3.63. The zero-order chi connectivity index (χ0) is 20.0. The normalized spacial score (nSPS) is 16.1. The van der Waals surface area contributed by atoms with Crippen molar-refractivity contribution < 1.29 is 4.79 Å². The lowest BCUT2D eigenvalue weighted by molar-refractivity contribution is -0.120. The SMILES string of the molecule is C=C1NC(=O)C(c2ccc(-c3nc4cccnc4n3-c3ccc(C)cc3)cc2)N1. The van der Waals surface area contributed by atoms with Gasteiger partial charge in [-0.2, -0.15) is 0 Å². The van der Waals surface area contributed by atoms with Crippen molar-refractivity contribution in [2.24, 2.45) is 0 Å². The summed E-state index contributed by atoms with van der Waals surface area (Å²) in [6.07, 6.45) is 1.78. The molecule has 1 aliphatic heterocycles. The van der Waals surface area contributed by atoms with Gasteiger partial charge in [-0.1, -0.05) is 48.5 Å². The van der Waals surface area contributed by atoms with Gasteiger partial charge in [0.2, 0.25) is 0 Å². The lowest BCUT2D eigenvalue weighted by atomic mass is 10.0. The van der Waals surface area contributed by atoms with Crippen molar-refractivity contribution in [1.29, 1.82) is 0 Å². The molecule has 0 bridgehead atoms. The fourth-order valence-corrected chi connectivity index (χ4v) is 3.60. The van der Waals surface area contributed by atoms with Crippen LogP contribution in [0.15, 0.2) is 79.3 Å². The second-order valence-corrected chi connectivity index (χ2v) is 7.12. The van der Waals surface area contributed by atoms with Gasteiger partial charge in [-0.05, 0) is 36.8 Å². The number of pyridine rings is 1. The van der Waals surface area contributed by atoms with E-state index >= 15 is 0 Å². The highest BCUT2D eigenvalue weighted by atomic mass is 16.2. The number of benzene rings is 2. The summed E-state index contributed by atoms with van der Waals surface area (Å²) in [5.41, 5.74) is 5.67. The number of carbonyl (C=O) groups is 1. The molecule has 4 aromatic rings. The van der Waals surface area contributed by atoms with Crippen LogP contribution in [0, 0.1) is 6.92 Å². The molecular formula is C23H19N5O. The zero-order valence-electron chi connectivity index (χ0n) is 15.9. The van der Waals surface area contributed by atoms with Gasteiger partial charge in [0.1, 0.15) is 17.4 Å². The quantitative estimate of drug-likeness (QED) is 0.568. The van der Waals surface area contributed by atoms with Crippen molar-refractivity contribution in [2.45, 2.75) is 13.0 Å². The standard InChI is InChI=1S/C23H19N5O/c1-14-5-11-18(12-6-14)28-21(27-19-4-3-13-24-22(19)28)17-9-7-16(8-10-17)20-23(29)26-15(2)25-20/h3-13,20,25H,2H2,1H3,(H,26,29). The van der Waals surface area contributed by atoms with E-state index in [9.17, 15) is 4.79 Å². The first kappa shape index (κ1) is 17.2. The van der Waals surface area contributed by atoms with Gasteiger partial charge in [0.25, 0.3) is 5.91 Å². The van der Waals surface area contributed by atoms with Gasteiger partial charge in [-0.15, -0.1) is 0 Å². The fraction of sp³-hybridized carbons (Fsp3) is 0.0870. The molecule has 2 aromatic carbocycles. The van der Waals surface area contributed by atoms with Crippen LogP contribution in [-0.2, 0) is 4.79 Å². The largest absolute Gasteiger partial charge is 0.357 e. The average Bonchev–Trinajstić information content (AvgIpc) is 3.28. The van der Waals surface area contributed by atoms with Crippen molar-refractivity contribution in [3.05, 3.63) is 90.4 Å². The van der Waals surface area contributed by atoms with Crippen molar-refractivity contribution >= 4 is 17.1 Å². The minimum absolute atomic E-state index is 0.0983. The number of fused-ring (bicyclic) bond motifs is 1. The number of rotatable bonds is 3. The van der Waals surface area contributed by atoms with Gasteiger partial charge in [0.15, 0.2) is 5.65 Å². The van der Waals surface area contributed by atoms with E-state index in [4.69, 9.17) is 4.98 Å². The van der Waals surface area contributed by atoms with Crippen molar-refractivity contribution in [3.63, 3.8) is 0 Å². The van der Waals surface area contributed by atoms with Gasteiger partial charge < -0.3 is 10.6 Å². The summed E-state index contributed by atoms with van der Waals surface area (Å²) in [5.74, 6) is 1.23. The average molecular weight is 381 g/mol. The van der Waals surface area contributed by atoms with Crippen molar-refractivity contribution in [1.82, 2.24) is 25.2 Å². The molecule has 29 heavy (non-hydrogen) atoms. The van der Waals surface area contributed by atoms with E-state index in [1.54, 1.807) is 6.20 Å². The minimum Gasteiger partial charge on any atom is -0.357 e. The first-order chi connectivity index (χ1) is 14.1. The number of imidazole rings is 1. The van der Waals surface area contributed by atoms with Crippen LogP contribution in [0.25, 0.3) is 28.2 Å². The first-order valence-corrected chi connectivity index (χ1v) is 9.37. The predicted molar refractivity (Wildman–Crippen MR) is 112 cm³/mol. The highest BCUT2D eigenvalue weighted by Gasteiger charge is 2.27. The molecule has 1 fully saturated rings. The van der Waals surface area contributed by atoms with Crippen LogP contribution in [0.4, 0.5) is 0 Å². The lowest BCUT2D eigenvalue weighted by Crippen LogP contribution is -2.19. The summed E-state index contributed by atoms with van der Waals surface area (Å²) in [6, 6.07) is 19.6. The van der Waals surface area contributed by atoms with Gasteiger partial charge >= 0.3 is 0 Å². The van der Waals surface area contributed by atoms with E-state index in [1.165, 1.54) is 5.56 Å². The van der Waals surface area contributed by atoms with E-state index in [-0.39, 0.29) is 5.91 Å². The second-order valence-electron chi connectivity index (χ2n) is 7.12. The van der Waals surface area contributed by atoms with E-state index in [2.05, 4.69) is 58.0 Å². The number of aryl methyl sites for hydroxylation is 1. The molecule has 6 nitrogen and oxygen atoms in total. The van der Waals surface area contributed by atoms with Crippen LogP contribution < -0.4 is 10.6 Å². The van der Waals surface area contributed by atoms with Crippen LogP contribution in [0.3, 0.4) is 0 Å². The third-order valence-corrected chi connectivity index (χ3v) is 5.07. The Kier molecular flexibility index (Phi) is 3.91. The third kappa shape index (κ3) is 2.95. The van der Waals surface area contributed by atoms with Gasteiger partial charge in [-0.25, -0.2) is 9.97 Å². The van der Waals surface area contributed by atoms with E-state index in [1.807, 2.05) is 36.4 Å². The Hall–Kier alpha value is -3.93. The lowest BCUT2D eigenvalue weighted by Gasteiger charge is -2.11. The number of hydrogen-bond acceptors (Lipinski definition) is 4. The Labute approximate surface area is 167 Å². The second kappa shape index (κ2) is 6.60. The summed E-state index contributed by atoms with van der Waals surface area (Å²) >= 11 is 0. The molecule has 2 N–H and O–H groups in total. The summed E-state index contributed by atoms with van der Waals surface area (Å²) in [5, 5.41) is 5.75. The van der Waals surface area contributed by atoms with Gasteiger partial charge in [0, 0.05) is 17.4 Å². The number of carbonyl (C=O) groups excluding carboxylic acids is 1. The monoisotopic (exact) mass is 381 g/mol. The molecule has 0 saturated carbocycles. The molecule has 1 aliphatic rings. The van der Waals surface area contributed by atoms with Gasteiger partial charge in [-0.3, -0.25) is 9.36 Å². The molecular weight excluding hydrogens is 362 g/mol. The molecule has 0 aliphatic carbocycles. The van der Waals surface area contributed by atoms with Crippen LogP contribution in [0.2, 0.25) is 0 Å². The topological polar surface area (TPSA) is 71.8 Å². The van der Waals surface area contributed by atoms with E-state index < -0.39 is 6.04 Å². The van der Waals surface area contributed by atoms with Crippen LogP contribution in [0.5, 0.6) is 0 Å². The van der Waals surface area contributed by atoms with Crippen LogP contribution in [-0.4, -0.2) is 20.4 Å². The molecule has 1 atom stereocenters. The molecule has 5 rings (SSSR count). The van der Waals surface area contributed by atoms with E-state index in [0.717, 1.165) is 33.8 Å². The summed E-state index contributed by atoms with van der Waals surface area (Å²) in [7, 11) is 0. The van der Waals surface area contributed by atoms with Crippen LogP contribution in [0.1, 0.15) is 17.2 Å². The van der Waals surface area contributed by atoms with E-state index in [0.29, 0.717) is 5.82 Å². The third-order valence-electron chi connectivity index (χ3n) is 5.07. The first-order valence-electron chi connectivity index (χ1n) is 9.37. The molecule has 0 radical (unpaired) electrons. The zero-order valence-corrected chi connectivity index (χ0v) is 15.9. The highest BCUT2D eigenvalue weighted by Crippen LogP contribution is 2.29. The molecule has 1 amide bonds. The molecule has 6 heteroatoms. The maximum Gasteiger partial charge on any atom is 0.252 e. The Bertz CT molecular complexity index is 1240. The highest BCUT2D eigenvalue weighted by molar-refractivity contribution is 5.87. The summed E-state index contributed by atoms with van der Waals surface area (Å²) in [4.78, 5) is 21.4. The number of amides is 1. The maximum atomic E-state index is 12.1. The maximum absolute atomic E-state index is 12.1. The molecule has 3 heterocycles. The smallest absolute Gasteiger partial charge is 0.252 e. The molecule has 142 valence electrons. The Morgan fingerprint density at radius 3 is 2.48 bits per heavy atom. The molecule has 1 saturated heterocycles. The Morgan fingerprint density at radius 2 is 1.79 bits per heavy atom. The van der Waals surface area contributed by atoms with Crippen LogP contribution >= 0.6 is 0 Å². The van der Waals surface area contributed by atoms with Crippen molar-refractivity contribution in [2.75, 3.05) is 0 Å². The molecule has 0 spiro atoms. The number of nitrogens with one attached hydrogen (secondary N) is 2. The number of aromatic nitrogens is 3. The molecule has 2 aromatic heterocycles. The summed E-state index contributed by atoms with van der Waals surface area (Å²) in [6.45, 7) is 5.82. The fourth-order valence-electron chi connectivity index (χ4n) is 3.60. The minimum atomic E-state index is -0.422.